The normalized spacial score (nSPS) is 13.4. The van der Waals surface area contributed by atoms with E-state index in [4.69, 9.17) is 0 Å². The van der Waals surface area contributed by atoms with Crippen molar-refractivity contribution < 1.29 is 0 Å². The molecule has 19 aromatic rings. The average molecular weight is 1520 g/mol. The van der Waals surface area contributed by atoms with Gasteiger partial charge in [0.2, 0.25) is 0 Å². The first-order valence-corrected chi connectivity index (χ1v) is 41.5. The van der Waals surface area contributed by atoms with E-state index in [1.807, 2.05) is 0 Å². The van der Waals surface area contributed by atoms with Crippen molar-refractivity contribution in [2.75, 3.05) is 14.7 Å². The zero-order valence-corrected chi connectivity index (χ0v) is 66.9. The molecule has 1 aromatic heterocycles. The molecule has 23 rings (SSSR count). The third kappa shape index (κ3) is 11.5. The Morgan fingerprint density at radius 3 is 0.874 bits per heavy atom. The smallest absolute Gasteiger partial charge is 0.0726 e. The first-order chi connectivity index (χ1) is 58.5. The minimum absolute atomic E-state index is 0.0954. The van der Waals surface area contributed by atoms with Crippen molar-refractivity contribution in [3.63, 3.8) is 0 Å². The lowest BCUT2D eigenvalue weighted by Crippen LogP contribution is -2.26. The molecule has 4 heteroatoms. The van der Waals surface area contributed by atoms with Gasteiger partial charge in [0.15, 0.2) is 0 Å². The average Bonchev–Trinajstić information content (AvgIpc) is 1.51. The van der Waals surface area contributed by atoms with Crippen LogP contribution in [0, 0.1) is 0 Å². The molecule has 564 valence electrons. The van der Waals surface area contributed by atoms with Gasteiger partial charge in [0.05, 0.1) is 16.4 Å². The molecule has 4 nitrogen and oxygen atoms in total. The van der Waals surface area contributed by atoms with Crippen LogP contribution in [0.15, 0.2) is 437 Å². The number of hydrogen-bond acceptors (Lipinski definition) is 3. The van der Waals surface area contributed by atoms with Gasteiger partial charge in [-0.3, -0.25) is 0 Å². The topological polar surface area (TPSA) is 14.7 Å². The molecule has 0 saturated carbocycles. The number of aromatic nitrogens is 1. The number of nitrogens with zero attached hydrogens (tertiary/aromatic N) is 4. The first kappa shape index (κ1) is 70.8. The third-order valence-corrected chi connectivity index (χ3v) is 25.9. The van der Waals surface area contributed by atoms with Crippen molar-refractivity contribution in [3.05, 3.63) is 481 Å². The lowest BCUT2D eigenvalue weighted by molar-refractivity contribution is 0.660. The summed E-state index contributed by atoms with van der Waals surface area (Å²) in [6, 6.07) is 161. The molecule has 0 atom stereocenters. The maximum atomic E-state index is 2.48. The predicted octanol–water partition coefficient (Wildman–Crippen LogP) is 30.8. The van der Waals surface area contributed by atoms with Crippen LogP contribution in [0.5, 0.6) is 0 Å². The van der Waals surface area contributed by atoms with Gasteiger partial charge in [-0.25, -0.2) is 0 Å². The van der Waals surface area contributed by atoms with Gasteiger partial charge >= 0.3 is 0 Å². The molecule has 0 N–H and O–H groups in total. The van der Waals surface area contributed by atoms with Gasteiger partial charge in [0.1, 0.15) is 0 Å². The molecule has 0 saturated heterocycles. The minimum atomic E-state index is -0.426. The molecule has 0 bridgehead atoms. The largest absolute Gasteiger partial charge is 0.311 e. The van der Waals surface area contributed by atoms with Crippen LogP contribution >= 0.6 is 0 Å². The van der Waals surface area contributed by atoms with Crippen molar-refractivity contribution in [2.24, 2.45) is 0 Å². The molecule has 1 heterocycles. The number of fused-ring (bicyclic) bond motifs is 19. The fraction of sp³-hybridized carbons (Fsp3) is 0.0609. The van der Waals surface area contributed by atoms with Crippen LogP contribution in [0.25, 0.3) is 105 Å². The van der Waals surface area contributed by atoms with E-state index in [-0.39, 0.29) is 10.8 Å². The Hall–Kier alpha value is -14.8. The monoisotopic (exact) mass is 1520 g/mol. The fourth-order valence-corrected chi connectivity index (χ4v) is 20.2. The molecule has 119 heavy (non-hydrogen) atoms. The summed E-state index contributed by atoms with van der Waals surface area (Å²) in [6.07, 6.45) is 0. The van der Waals surface area contributed by atoms with E-state index in [0.717, 1.165) is 51.2 Å². The van der Waals surface area contributed by atoms with E-state index in [0.29, 0.717) is 0 Å². The van der Waals surface area contributed by atoms with Crippen LogP contribution < -0.4 is 14.7 Å². The molecule has 0 radical (unpaired) electrons. The number of benzene rings is 18. The molecular weight excluding hydrogens is 1440 g/mol. The Bertz CT molecular complexity index is 6910. The molecule has 0 amide bonds. The molecule has 1 spiro atoms. The van der Waals surface area contributed by atoms with Gasteiger partial charge in [-0.1, -0.05) is 325 Å². The summed E-state index contributed by atoms with van der Waals surface area (Å²) in [5.41, 5.74) is 41.7. The van der Waals surface area contributed by atoms with Gasteiger partial charge in [-0.15, -0.1) is 0 Å². The zero-order chi connectivity index (χ0) is 79.5. The molecule has 4 aliphatic rings. The summed E-state index contributed by atoms with van der Waals surface area (Å²) in [5.74, 6) is 0. The Kier molecular flexibility index (Phi) is 16.8. The summed E-state index contributed by atoms with van der Waals surface area (Å²) in [5, 5.41) is 2.50. The molecular formula is C115H84N4. The van der Waals surface area contributed by atoms with E-state index < -0.39 is 5.41 Å². The summed E-state index contributed by atoms with van der Waals surface area (Å²) in [6.45, 7) is 9.44. The van der Waals surface area contributed by atoms with Crippen LogP contribution in [0.3, 0.4) is 0 Å². The quantitative estimate of drug-likeness (QED) is 0.114. The van der Waals surface area contributed by atoms with Crippen LogP contribution in [-0.4, -0.2) is 4.57 Å². The van der Waals surface area contributed by atoms with Gasteiger partial charge < -0.3 is 19.3 Å². The summed E-state index contributed by atoms with van der Waals surface area (Å²) < 4.78 is 2.38. The number of anilines is 9. The van der Waals surface area contributed by atoms with Crippen molar-refractivity contribution >= 4 is 73.0 Å². The van der Waals surface area contributed by atoms with Crippen LogP contribution in [0.2, 0.25) is 0 Å². The van der Waals surface area contributed by atoms with Crippen molar-refractivity contribution in [3.8, 4) is 83.6 Å². The summed E-state index contributed by atoms with van der Waals surface area (Å²) in [7, 11) is 0. The van der Waals surface area contributed by atoms with Crippen molar-refractivity contribution in [1.82, 2.24) is 4.57 Å². The van der Waals surface area contributed by atoms with E-state index in [1.54, 1.807) is 0 Å². The summed E-state index contributed by atoms with van der Waals surface area (Å²) in [4.78, 5) is 7.18. The Labute approximate surface area is 696 Å². The van der Waals surface area contributed by atoms with Crippen LogP contribution in [0.4, 0.5) is 51.2 Å². The second kappa shape index (κ2) is 28.3. The highest BCUT2D eigenvalue weighted by Crippen LogP contribution is 2.64. The van der Waals surface area contributed by atoms with Crippen molar-refractivity contribution in [1.29, 1.82) is 0 Å². The first-order valence-electron chi connectivity index (χ1n) is 41.5. The Morgan fingerprint density at radius 2 is 0.445 bits per heavy atom. The van der Waals surface area contributed by atoms with Gasteiger partial charge in [0, 0.05) is 78.5 Å². The fourth-order valence-electron chi connectivity index (χ4n) is 20.2. The minimum Gasteiger partial charge on any atom is -0.311 e. The van der Waals surface area contributed by atoms with E-state index in [1.165, 1.54) is 150 Å². The summed E-state index contributed by atoms with van der Waals surface area (Å²) >= 11 is 0. The number of hydrogen-bond donors (Lipinski definition) is 0. The highest BCUT2D eigenvalue weighted by Gasteiger charge is 2.52. The SMILES string of the molecule is CC1(C)c2ccccc2-c2ccc(N(c3ccc(-c4ccc(N(c5ccccc5)c5ccccc5)cc4)cc3)c3ccc4c(c3)C(C)(C)c3ccccc3-4)cc21.c1ccc(-c2ccc(N(c3ccc(-c4ccc5c(c4)c4ccccc4n5-c4ccccc4)cc3)c3ccc4c(c3)C3(c5ccccc5-c5ccccc53)c3ccccc3-4)cc2)cc1. The number of rotatable bonds is 13. The molecule has 0 unspecified atom stereocenters. The third-order valence-electron chi connectivity index (χ3n) is 25.9. The maximum Gasteiger partial charge on any atom is 0.0726 e. The highest BCUT2D eigenvalue weighted by atomic mass is 15.2. The highest BCUT2D eigenvalue weighted by molar-refractivity contribution is 6.11. The second-order valence-electron chi connectivity index (χ2n) is 33.1. The molecule has 0 aliphatic heterocycles. The Morgan fingerprint density at radius 1 is 0.176 bits per heavy atom. The van der Waals surface area contributed by atoms with Gasteiger partial charge in [0.25, 0.3) is 0 Å². The molecule has 0 fully saturated rings. The van der Waals surface area contributed by atoms with E-state index >= 15 is 0 Å². The van der Waals surface area contributed by atoms with E-state index in [9.17, 15) is 0 Å². The molecule has 18 aromatic carbocycles. The van der Waals surface area contributed by atoms with Crippen LogP contribution in [0.1, 0.15) is 72.2 Å². The van der Waals surface area contributed by atoms with Crippen molar-refractivity contribution in [2.45, 2.75) is 43.9 Å². The molecule has 4 aliphatic carbocycles. The Balaban J connectivity index is 0.000000144. The van der Waals surface area contributed by atoms with E-state index in [2.05, 4.69) is 484 Å². The van der Waals surface area contributed by atoms with Gasteiger partial charge in [-0.05, 0) is 262 Å². The van der Waals surface area contributed by atoms with Gasteiger partial charge in [-0.2, -0.15) is 0 Å². The lowest BCUT2D eigenvalue weighted by Gasteiger charge is -2.32. The predicted molar refractivity (Wildman–Crippen MR) is 499 cm³/mol. The van der Waals surface area contributed by atoms with Crippen LogP contribution in [-0.2, 0) is 16.2 Å². The maximum absolute atomic E-state index is 2.48. The standard InChI is InChI=1S/C61H40N2.C54H44N2/c1-3-15-41(16-4-1)42-27-32-46(33-28-42)62(47-34-29-43(30-35-47)44-31-38-60-54(39-44)53-22-10-14-26-59(53)63(60)45-17-5-2-6-18-45)48-36-37-52-51-21-9-13-25-57(51)61(58(52)40-48)55-23-11-7-19-49(55)50-20-8-12-24-56(50)61;1-53(2)49-21-13-11-19-45(49)47-33-31-43(35-51(47)53)56(44-32-34-48-46-20-12-14-22-50(46)54(3,4)52(48)36-44)42-29-25-38(26-30-42)37-23-27-41(28-24-37)55(39-15-7-5-8-16-39)40-17-9-6-10-18-40/h1-40H;5-36H,1-4H3. The zero-order valence-electron chi connectivity index (χ0n) is 66.9. The second-order valence-corrected chi connectivity index (χ2v) is 33.1. The lowest BCUT2D eigenvalue weighted by atomic mass is 9.70. The number of para-hydroxylation sites is 4.